The fourth-order valence-electron chi connectivity index (χ4n) is 3.66. The highest BCUT2D eigenvalue weighted by Gasteiger charge is 2.38. The Morgan fingerprint density at radius 1 is 1.33 bits per heavy atom. The monoisotopic (exact) mass is 247 g/mol. The van der Waals surface area contributed by atoms with Crippen LogP contribution in [0.25, 0.3) is 0 Å². The molecule has 18 heavy (non-hydrogen) atoms. The molecule has 0 radical (unpaired) electrons. The molecule has 4 nitrogen and oxygen atoms in total. The van der Waals surface area contributed by atoms with Crippen molar-refractivity contribution in [2.75, 3.05) is 12.3 Å². The van der Waals surface area contributed by atoms with E-state index in [1.54, 1.807) is 6.07 Å². The molecule has 1 amide bonds. The Labute approximate surface area is 108 Å². The van der Waals surface area contributed by atoms with E-state index in [0.29, 0.717) is 11.7 Å². The normalized spacial score (nSPS) is 27.3. The van der Waals surface area contributed by atoms with Gasteiger partial charge in [-0.1, -0.05) is 6.42 Å². The van der Waals surface area contributed by atoms with E-state index >= 15 is 0 Å². The van der Waals surface area contributed by atoms with Crippen molar-refractivity contribution in [1.82, 2.24) is 9.47 Å². The van der Waals surface area contributed by atoms with Gasteiger partial charge < -0.3 is 15.2 Å². The number of anilines is 1. The summed E-state index contributed by atoms with van der Waals surface area (Å²) in [6.45, 7) is 0.908. The van der Waals surface area contributed by atoms with Gasteiger partial charge >= 0.3 is 0 Å². The summed E-state index contributed by atoms with van der Waals surface area (Å²) >= 11 is 0. The smallest absolute Gasteiger partial charge is 0.270 e. The summed E-state index contributed by atoms with van der Waals surface area (Å²) in [5.41, 5.74) is 7.15. The number of hydrogen-bond donors (Lipinski definition) is 1. The summed E-state index contributed by atoms with van der Waals surface area (Å²) in [5.74, 6) is 0.895. The molecule has 1 aromatic heterocycles. The SMILES string of the molecule is Cn1cc(N)cc1C(=O)N1CCCC2CCCC21. The number of carbonyl (C=O) groups is 1. The van der Waals surface area contributed by atoms with E-state index in [2.05, 4.69) is 4.90 Å². The minimum absolute atomic E-state index is 0.158. The van der Waals surface area contributed by atoms with Crippen molar-refractivity contribution in [3.8, 4) is 0 Å². The molecule has 2 fully saturated rings. The number of rotatable bonds is 1. The van der Waals surface area contributed by atoms with Crippen molar-refractivity contribution in [3.63, 3.8) is 0 Å². The van der Waals surface area contributed by atoms with Crippen molar-refractivity contribution in [2.45, 2.75) is 38.1 Å². The minimum atomic E-state index is 0.158. The molecule has 1 aliphatic carbocycles. The highest BCUT2D eigenvalue weighted by atomic mass is 16.2. The van der Waals surface area contributed by atoms with Gasteiger partial charge in [0, 0.05) is 25.8 Å². The molecule has 98 valence electrons. The molecule has 2 N–H and O–H groups in total. The topological polar surface area (TPSA) is 51.3 Å². The molecule has 1 saturated heterocycles. The summed E-state index contributed by atoms with van der Waals surface area (Å²) in [4.78, 5) is 14.7. The molecule has 1 aromatic rings. The van der Waals surface area contributed by atoms with Crippen LogP contribution in [0.4, 0.5) is 5.69 Å². The van der Waals surface area contributed by atoms with Crippen LogP contribution in [0.3, 0.4) is 0 Å². The predicted molar refractivity (Wildman–Crippen MR) is 71.2 cm³/mol. The molecule has 1 saturated carbocycles. The molecule has 3 rings (SSSR count). The Hall–Kier alpha value is -1.45. The van der Waals surface area contributed by atoms with Crippen LogP contribution in [0.1, 0.15) is 42.6 Å². The number of aryl methyl sites for hydroxylation is 1. The molecule has 2 atom stereocenters. The third kappa shape index (κ3) is 1.80. The molecular formula is C14H21N3O. The van der Waals surface area contributed by atoms with Gasteiger partial charge in [0.1, 0.15) is 5.69 Å². The van der Waals surface area contributed by atoms with Gasteiger partial charge in [-0.3, -0.25) is 4.79 Å². The van der Waals surface area contributed by atoms with Gasteiger partial charge in [-0.25, -0.2) is 0 Å². The number of nitrogens with zero attached hydrogens (tertiary/aromatic N) is 2. The van der Waals surface area contributed by atoms with Crippen molar-refractivity contribution < 1.29 is 4.79 Å². The first-order valence-corrected chi connectivity index (χ1v) is 6.89. The second kappa shape index (κ2) is 4.34. The van der Waals surface area contributed by atoms with Gasteiger partial charge in [0.05, 0.1) is 5.69 Å². The lowest BCUT2D eigenvalue weighted by molar-refractivity contribution is 0.0538. The average molecular weight is 247 g/mol. The summed E-state index contributed by atoms with van der Waals surface area (Å²) in [7, 11) is 1.89. The van der Waals surface area contributed by atoms with Crippen LogP contribution < -0.4 is 5.73 Å². The van der Waals surface area contributed by atoms with Crippen LogP contribution >= 0.6 is 0 Å². The zero-order valence-electron chi connectivity index (χ0n) is 10.9. The summed E-state index contributed by atoms with van der Waals surface area (Å²) in [5, 5.41) is 0. The Morgan fingerprint density at radius 3 is 2.83 bits per heavy atom. The number of fused-ring (bicyclic) bond motifs is 1. The largest absolute Gasteiger partial charge is 0.397 e. The van der Waals surface area contributed by atoms with Crippen molar-refractivity contribution >= 4 is 11.6 Å². The molecular weight excluding hydrogens is 226 g/mol. The number of likely N-dealkylation sites (tertiary alicyclic amines) is 1. The third-order valence-corrected chi connectivity index (χ3v) is 4.50. The lowest BCUT2D eigenvalue weighted by Gasteiger charge is -2.37. The van der Waals surface area contributed by atoms with Gasteiger partial charge in [-0.15, -0.1) is 0 Å². The molecule has 0 aromatic carbocycles. The predicted octanol–water partition coefficient (Wildman–Crippen LogP) is 2.01. The lowest BCUT2D eigenvalue weighted by Crippen LogP contribution is -2.46. The second-order valence-corrected chi connectivity index (χ2v) is 5.67. The summed E-state index contributed by atoms with van der Waals surface area (Å²) in [6.07, 6.45) is 7.99. The van der Waals surface area contributed by atoms with Crippen LogP contribution in [0.15, 0.2) is 12.3 Å². The Kier molecular flexibility index (Phi) is 2.80. The third-order valence-electron chi connectivity index (χ3n) is 4.50. The number of hydrogen-bond acceptors (Lipinski definition) is 2. The van der Waals surface area contributed by atoms with Gasteiger partial charge in [-0.05, 0) is 37.7 Å². The van der Waals surface area contributed by atoms with Gasteiger partial charge in [0.15, 0.2) is 0 Å². The molecule has 0 spiro atoms. The first-order chi connectivity index (χ1) is 8.66. The number of aromatic nitrogens is 1. The minimum Gasteiger partial charge on any atom is -0.397 e. The van der Waals surface area contributed by atoms with E-state index in [-0.39, 0.29) is 5.91 Å². The summed E-state index contributed by atoms with van der Waals surface area (Å²) in [6, 6.07) is 2.27. The fraction of sp³-hybridized carbons (Fsp3) is 0.643. The van der Waals surface area contributed by atoms with Gasteiger partial charge in [0.25, 0.3) is 5.91 Å². The fourth-order valence-corrected chi connectivity index (χ4v) is 3.66. The maximum absolute atomic E-state index is 12.6. The standard InChI is InChI=1S/C14H21N3O/c1-16-9-11(15)8-13(16)14(18)17-7-3-5-10-4-2-6-12(10)17/h8-10,12H,2-7,15H2,1H3. The van der Waals surface area contributed by atoms with E-state index in [4.69, 9.17) is 5.73 Å². The first kappa shape index (κ1) is 11.6. The summed E-state index contributed by atoms with van der Waals surface area (Å²) < 4.78 is 1.84. The average Bonchev–Trinajstić information content (AvgIpc) is 2.94. The van der Waals surface area contributed by atoms with Gasteiger partial charge in [0.2, 0.25) is 0 Å². The van der Waals surface area contributed by atoms with Crippen LogP contribution in [-0.2, 0) is 7.05 Å². The number of piperidine rings is 1. The zero-order valence-corrected chi connectivity index (χ0v) is 10.9. The molecule has 2 unspecified atom stereocenters. The maximum atomic E-state index is 12.6. The number of carbonyl (C=O) groups excluding carboxylic acids is 1. The Morgan fingerprint density at radius 2 is 2.11 bits per heavy atom. The zero-order chi connectivity index (χ0) is 12.7. The van der Waals surface area contributed by atoms with Gasteiger partial charge in [-0.2, -0.15) is 0 Å². The van der Waals surface area contributed by atoms with E-state index < -0.39 is 0 Å². The van der Waals surface area contributed by atoms with E-state index in [0.717, 1.165) is 24.6 Å². The number of amides is 1. The molecule has 1 aliphatic heterocycles. The molecule has 2 heterocycles. The van der Waals surface area contributed by atoms with Crippen molar-refractivity contribution in [2.24, 2.45) is 13.0 Å². The Balaban J connectivity index is 1.85. The van der Waals surface area contributed by atoms with Crippen molar-refractivity contribution in [3.05, 3.63) is 18.0 Å². The Bertz CT molecular complexity index is 466. The molecule has 4 heteroatoms. The number of nitrogen functional groups attached to an aromatic ring is 1. The maximum Gasteiger partial charge on any atom is 0.270 e. The van der Waals surface area contributed by atoms with Crippen LogP contribution in [0.2, 0.25) is 0 Å². The first-order valence-electron chi connectivity index (χ1n) is 6.89. The lowest BCUT2D eigenvalue weighted by atomic mass is 9.92. The molecule has 0 bridgehead atoms. The van der Waals surface area contributed by atoms with E-state index in [1.807, 2.05) is 17.8 Å². The van der Waals surface area contributed by atoms with Crippen molar-refractivity contribution in [1.29, 1.82) is 0 Å². The van der Waals surface area contributed by atoms with Crippen LogP contribution in [0, 0.1) is 5.92 Å². The number of nitrogens with two attached hydrogens (primary N) is 1. The van der Waals surface area contributed by atoms with Crippen LogP contribution in [0.5, 0.6) is 0 Å². The quantitative estimate of drug-likeness (QED) is 0.825. The highest BCUT2D eigenvalue weighted by molar-refractivity contribution is 5.94. The van der Waals surface area contributed by atoms with E-state index in [9.17, 15) is 4.79 Å². The van der Waals surface area contributed by atoms with Crippen LogP contribution in [-0.4, -0.2) is 28.0 Å². The highest BCUT2D eigenvalue weighted by Crippen LogP contribution is 2.37. The molecule has 2 aliphatic rings. The van der Waals surface area contributed by atoms with E-state index in [1.165, 1.54) is 25.7 Å². The second-order valence-electron chi connectivity index (χ2n) is 5.67.